The lowest BCUT2D eigenvalue weighted by atomic mass is 10.2. The van der Waals surface area contributed by atoms with Gasteiger partial charge in [0.1, 0.15) is 5.82 Å². The average Bonchev–Trinajstić information content (AvgIpc) is 3.16. The van der Waals surface area contributed by atoms with Crippen molar-refractivity contribution in [2.45, 2.75) is 13.5 Å². The van der Waals surface area contributed by atoms with E-state index in [9.17, 15) is 4.79 Å². The van der Waals surface area contributed by atoms with Gasteiger partial charge in [-0.3, -0.25) is 4.79 Å². The standard InChI is InChI=1S/C19H19N3O2/c1-2-22(14-15-7-4-3-5-8-15)16-10-11-18(20-13-16)21-19(23)17-9-6-12-24-17/h3-13H,2,14H2,1H3,(H,20,21,23). The van der Waals surface area contributed by atoms with Crippen molar-refractivity contribution >= 4 is 17.4 Å². The number of nitrogens with zero attached hydrogens (tertiary/aromatic N) is 2. The van der Waals surface area contributed by atoms with Crippen molar-refractivity contribution in [2.75, 3.05) is 16.8 Å². The highest BCUT2D eigenvalue weighted by molar-refractivity contribution is 6.01. The Kier molecular flexibility index (Phi) is 4.91. The summed E-state index contributed by atoms with van der Waals surface area (Å²) in [7, 11) is 0. The van der Waals surface area contributed by atoms with Crippen LogP contribution in [0.4, 0.5) is 11.5 Å². The van der Waals surface area contributed by atoms with Gasteiger partial charge in [-0.05, 0) is 36.8 Å². The van der Waals surface area contributed by atoms with Crippen molar-refractivity contribution < 1.29 is 9.21 Å². The third-order valence-electron chi connectivity index (χ3n) is 3.70. The predicted octanol–water partition coefficient (Wildman–Crippen LogP) is 3.95. The zero-order valence-electron chi connectivity index (χ0n) is 13.5. The van der Waals surface area contributed by atoms with Gasteiger partial charge in [0.2, 0.25) is 0 Å². The zero-order valence-corrected chi connectivity index (χ0v) is 13.5. The van der Waals surface area contributed by atoms with E-state index in [2.05, 4.69) is 34.3 Å². The van der Waals surface area contributed by atoms with E-state index >= 15 is 0 Å². The number of aromatic nitrogens is 1. The molecule has 5 heteroatoms. The highest BCUT2D eigenvalue weighted by atomic mass is 16.3. The van der Waals surface area contributed by atoms with Gasteiger partial charge in [0.05, 0.1) is 18.1 Å². The largest absolute Gasteiger partial charge is 0.459 e. The fourth-order valence-corrected chi connectivity index (χ4v) is 2.42. The summed E-state index contributed by atoms with van der Waals surface area (Å²) in [4.78, 5) is 18.5. The van der Waals surface area contributed by atoms with E-state index in [4.69, 9.17) is 4.42 Å². The average molecular weight is 321 g/mol. The molecule has 1 aromatic carbocycles. The van der Waals surface area contributed by atoms with Gasteiger partial charge >= 0.3 is 0 Å². The van der Waals surface area contributed by atoms with Crippen LogP contribution in [-0.2, 0) is 6.54 Å². The molecule has 0 aliphatic carbocycles. The quantitative estimate of drug-likeness (QED) is 0.747. The topological polar surface area (TPSA) is 58.4 Å². The van der Waals surface area contributed by atoms with E-state index in [0.717, 1.165) is 18.8 Å². The van der Waals surface area contributed by atoms with Crippen LogP contribution < -0.4 is 10.2 Å². The van der Waals surface area contributed by atoms with Crippen LogP contribution in [0.25, 0.3) is 0 Å². The lowest BCUT2D eigenvalue weighted by molar-refractivity contribution is 0.0996. The van der Waals surface area contributed by atoms with Crippen molar-refractivity contribution in [3.05, 3.63) is 78.4 Å². The van der Waals surface area contributed by atoms with E-state index < -0.39 is 0 Å². The molecular formula is C19H19N3O2. The summed E-state index contributed by atoms with van der Waals surface area (Å²) in [5.74, 6) is 0.452. The van der Waals surface area contributed by atoms with E-state index in [1.165, 1.54) is 11.8 Å². The van der Waals surface area contributed by atoms with E-state index in [0.29, 0.717) is 5.82 Å². The summed E-state index contributed by atoms with van der Waals surface area (Å²) < 4.78 is 5.07. The minimum absolute atomic E-state index is 0.264. The molecule has 1 N–H and O–H groups in total. The van der Waals surface area contributed by atoms with Crippen molar-refractivity contribution in [1.29, 1.82) is 0 Å². The van der Waals surface area contributed by atoms with Crippen molar-refractivity contribution in [1.82, 2.24) is 4.98 Å². The number of rotatable bonds is 6. The molecule has 0 aliphatic heterocycles. The molecule has 122 valence electrons. The number of furan rings is 1. The number of nitrogens with one attached hydrogen (secondary N) is 1. The van der Waals surface area contributed by atoms with Gasteiger partial charge in [0, 0.05) is 13.1 Å². The Morgan fingerprint density at radius 2 is 1.96 bits per heavy atom. The number of pyridine rings is 1. The highest BCUT2D eigenvalue weighted by Crippen LogP contribution is 2.18. The smallest absolute Gasteiger partial charge is 0.292 e. The van der Waals surface area contributed by atoms with Gasteiger partial charge in [-0.2, -0.15) is 0 Å². The molecule has 0 saturated carbocycles. The maximum Gasteiger partial charge on any atom is 0.292 e. The van der Waals surface area contributed by atoms with E-state index in [1.807, 2.05) is 24.3 Å². The fourth-order valence-electron chi connectivity index (χ4n) is 2.42. The third kappa shape index (κ3) is 3.81. The Bertz CT molecular complexity index is 768. The molecule has 0 bridgehead atoms. The maximum absolute atomic E-state index is 11.9. The van der Waals surface area contributed by atoms with Gasteiger partial charge in [0.25, 0.3) is 5.91 Å². The summed E-state index contributed by atoms with van der Waals surface area (Å²) in [6.45, 7) is 3.79. The summed E-state index contributed by atoms with van der Waals surface area (Å²) in [5, 5.41) is 2.72. The van der Waals surface area contributed by atoms with Crippen LogP contribution in [0.1, 0.15) is 23.0 Å². The first kappa shape index (κ1) is 15.8. The molecule has 2 heterocycles. The SMILES string of the molecule is CCN(Cc1ccccc1)c1ccc(NC(=O)c2ccco2)nc1. The normalized spacial score (nSPS) is 10.4. The molecule has 0 unspecified atom stereocenters. The maximum atomic E-state index is 11.9. The molecule has 0 fully saturated rings. The van der Waals surface area contributed by atoms with Crippen molar-refractivity contribution in [3.8, 4) is 0 Å². The van der Waals surface area contributed by atoms with Crippen molar-refractivity contribution in [2.24, 2.45) is 0 Å². The molecule has 0 aliphatic rings. The summed E-state index contributed by atoms with van der Waals surface area (Å²) in [5.41, 5.74) is 2.26. The minimum Gasteiger partial charge on any atom is -0.459 e. The van der Waals surface area contributed by atoms with Crippen LogP contribution in [0.5, 0.6) is 0 Å². The van der Waals surface area contributed by atoms with Crippen LogP contribution in [0.15, 0.2) is 71.5 Å². The Labute approximate surface area is 140 Å². The van der Waals surface area contributed by atoms with Gasteiger partial charge in [-0.1, -0.05) is 30.3 Å². The first-order chi connectivity index (χ1) is 11.8. The summed E-state index contributed by atoms with van der Waals surface area (Å²) in [6, 6.07) is 17.3. The molecular weight excluding hydrogens is 302 g/mol. The number of anilines is 2. The van der Waals surface area contributed by atoms with Crippen LogP contribution in [-0.4, -0.2) is 17.4 Å². The van der Waals surface area contributed by atoms with Crippen LogP contribution >= 0.6 is 0 Å². The lowest BCUT2D eigenvalue weighted by Gasteiger charge is -2.23. The number of carbonyl (C=O) groups excluding carboxylic acids is 1. The van der Waals surface area contributed by atoms with Crippen molar-refractivity contribution in [3.63, 3.8) is 0 Å². The summed E-state index contributed by atoms with van der Waals surface area (Å²) in [6.07, 6.45) is 3.23. The number of benzene rings is 1. The third-order valence-corrected chi connectivity index (χ3v) is 3.70. The second-order valence-electron chi connectivity index (χ2n) is 5.33. The van der Waals surface area contributed by atoms with Crippen LogP contribution in [0, 0.1) is 0 Å². The number of carbonyl (C=O) groups is 1. The number of hydrogen-bond acceptors (Lipinski definition) is 4. The Balaban J connectivity index is 1.67. The van der Waals surface area contributed by atoms with Gasteiger partial charge in [-0.15, -0.1) is 0 Å². The molecule has 24 heavy (non-hydrogen) atoms. The molecule has 0 atom stereocenters. The molecule has 0 radical (unpaired) electrons. The minimum atomic E-state index is -0.308. The molecule has 0 saturated heterocycles. The zero-order chi connectivity index (χ0) is 16.8. The fraction of sp³-hybridized carbons (Fsp3) is 0.158. The number of hydrogen-bond donors (Lipinski definition) is 1. The van der Waals surface area contributed by atoms with Gasteiger partial charge < -0.3 is 14.6 Å². The Morgan fingerprint density at radius 1 is 1.12 bits per heavy atom. The molecule has 1 amide bonds. The van der Waals surface area contributed by atoms with Crippen LogP contribution in [0.3, 0.4) is 0 Å². The number of amides is 1. The lowest BCUT2D eigenvalue weighted by Crippen LogP contribution is -2.22. The predicted molar refractivity (Wildman–Crippen MR) is 94.1 cm³/mol. The second-order valence-corrected chi connectivity index (χ2v) is 5.33. The highest BCUT2D eigenvalue weighted by Gasteiger charge is 2.10. The second kappa shape index (κ2) is 7.46. The van der Waals surface area contributed by atoms with Gasteiger partial charge in [-0.25, -0.2) is 4.98 Å². The molecule has 2 aromatic heterocycles. The molecule has 0 spiro atoms. The first-order valence-electron chi connectivity index (χ1n) is 7.86. The molecule has 3 aromatic rings. The summed E-state index contributed by atoms with van der Waals surface area (Å²) >= 11 is 0. The molecule has 5 nitrogen and oxygen atoms in total. The Hall–Kier alpha value is -3.08. The van der Waals surface area contributed by atoms with Gasteiger partial charge in [0.15, 0.2) is 5.76 Å². The van der Waals surface area contributed by atoms with E-state index in [-0.39, 0.29) is 11.7 Å². The Morgan fingerprint density at radius 3 is 2.58 bits per heavy atom. The van der Waals surface area contributed by atoms with Crippen LogP contribution in [0.2, 0.25) is 0 Å². The van der Waals surface area contributed by atoms with E-state index in [1.54, 1.807) is 24.4 Å². The molecule has 3 rings (SSSR count). The monoisotopic (exact) mass is 321 g/mol. The first-order valence-corrected chi connectivity index (χ1v) is 7.86.